The average molecular weight is 521 g/mol. The van der Waals surface area contributed by atoms with Gasteiger partial charge in [-0.05, 0) is 66.7 Å². The lowest BCUT2D eigenvalue weighted by Crippen LogP contribution is -2.15. The Morgan fingerprint density at radius 1 is 0.605 bits per heavy atom. The van der Waals surface area contributed by atoms with Gasteiger partial charge in [-0.25, -0.2) is 0 Å². The van der Waals surface area contributed by atoms with E-state index >= 15 is 0 Å². The molecule has 9 heteroatoms. The largest absolute Gasteiger partial charge is 0.490 e. The van der Waals surface area contributed by atoms with Crippen molar-refractivity contribution in [2.75, 3.05) is 23.8 Å². The normalized spacial score (nSPS) is 10.9. The van der Waals surface area contributed by atoms with Crippen LogP contribution in [0.2, 0.25) is 0 Å². The molecule has 0 atom stereocenters. The van der Waals surface area contributed by atoms with Gasteiger partial charge >= 0.3 is 6.18 Å². The van der Waals surface area contributed by atoms with Crippen LogP contribution < -0.4 is 20.1 Å². The van der Waals surface area contributed by atoms with Crippen molar-refractivity contribution >= 4 is 23.2 Å². The summed E-state index contributed by atoms with van der Waals surface area (Å²) < 4.78 is 50.1. The Kier molecular flexibility index (Phi) is 8.27. The summed E-state index contributed by atoms with van der Waals surface area (Å²) in [6.07, 6.45) is -4.52. The molecular weight excluding hydrogens is 497 g/mol. The number of hydrogen-bond donors (Lipinski definition) is 2. The lowest BCUT2D eigenvalue weighted by molar-refractivity contribution is -0.137. The van der Waals surface area contributed by atoms with Gasteiger partial charge in [0.1, 0.15) is 24.7 Å². The summed E-state index contributed by atoms with van der Waals surface area (Å²) in [7, 11) is 0. The molecule has 6 nitrogen and oxygen atoms in total. The van der Waals surface area contributed by atoms with Crippen LogP contribution in [0.25, 0.3) is 0 Å². The number of hydrogen-bond acceptors (Lipinski definition) is 4. The highest BCUT2D eigenvalue weighted by atomic mass is 19.4. The van der Waals surface area contributed by atoms with Crippen LogP contribution in [0.3, 0.4) is 0 Å². The summed E-state index contributed by atoms with van der Waals surface area (Å²) in [6.45, 7) is 0.610. The van der Waals surface area contributed by atoms with Crippen molar-refractivity contribution in [1.82, 2.24) is 0 Å². The van der Waals surface area contributed by atoms with Crippen LogP contribution in [-0.2, 0) is 6.18 Å². The number of carbonyl (C=O) groups excluding carboxylic acids is 2. The quantitative estimate of drug-likeness (QED) is 0.242. The van der Waals surface area contributed by atoms with Gasteiger partial charge < -0.3 is 20.1 Å². The molecule has 0 unspecified atom stereocenters. The molecule has 4 aromatic rings. The predicted molar refractivity (Wildman–Crippen MR) is 138 cm³/mol. The van der Waals surface area contributed by atoms with E-state index in [1.165, 1.54) is 24.3 Å². The van der Waals surface area contributed by atoms with Crippen LogP contribution in [0.4, 0.5) is 24.5 Å². The van der Waals surface area contributed by atoms with Crippen LogP contribution in [0.5, 0.6) is 11.5 Å². The Morgan fingerprint density at radius 3 is 1.79 bits per heavy atom. The number of amides is 2. The molecule has 0 spiro atoms. The molecule has 0 bridgehead atoms. The fraction of sp³-hybridized carbons (Fsp3) is 0.103. The van der Waals surface area contributed by atoms with Crippen molar-refractivity contribution in [3.8, 4) is 11.5 Å². The molecule has 4 rings (SSSR count). The lowest BCUT2D eigenvalue weighted by Gasteiger charge is -2.11. The van der Waals surface area contributed by atoms with Gasteiger partial charge in [0, 0.05) is 22.5 Å². The number of carbonyl (C=O) groups is 2. The maximum absolute atomic E-state index is 12.9. The first-order valence-corrected chi connectivity index (χ1v) is 11.6. The molecule has 0 aliphatic rings. The van der Waals surface area contributed by atoms with Crippen molar-refractivity contribution in [1.29, 1.82) is 0 Å². The van der Waals surface area contributed by atoms with E-state index in [-0.39, 0.29) is 17.9 Å². The average Bonchev–Trinajstić information content (AvgIpc) is 2.92. The fourth-order valence-corrected chi connectivity index (χ4v) is 3.48. The van der Waals surface area contributed by atoms with Crippen molar-refractivity contribution < 1.29 is 32.2 Å². The highest BCUT2D eigenvalue weighted by Crippen LogP contribution is 2.30. The number of anilines is 2. The van der Waals surface area contributed by atoms with Crippen LogP contribution in [0.1, 0.15) is 26.3 Å². The number of rotatable bonds is 9. The van der Waals surface area contributed by atoms with Gasteiger partial charge in [-0.15, -0.1) is 0 Å². The maximum atomic E-state index is 12.9. The standard InChI is InChI=1S/C29H23F3N2O4/c30-29(31,32)22-9-6-11-24(19-22)34-27(35)20-7-4-10-23(17-20)33-28(36)21-8-5-14-26(18-21)38-16-15-37-25-12-2-1-3-13-25/h1-14,17-19H,15-16H2,(H,33,36)(H,34,35). The zero-order chi connectivity index (χ0) is 27.0. The third kappa shape index (κ3) is 7.36. The van der Waals surface area contributed by atoms with Gasteiger partial charge in [0.2, 0.25) is 0 Å². The minimum atomic E-state index is -4.52. The van der Waals surface area contributed by atoms with Gasteiger partial charge in [0.25, 0.3) is 11.8 Å². The second-order valence-corrected chi connectivity index (χ2v) is 8.11. The number of para-hydroxylation sites is 1. The Bertz CT molecular complexity index is 1410. The zero-order valence-electron chi connectivity index (χ0n) is 20.0. The Labute approximate surface area is 217 Å². The van der Waals surface area contributed by atoms with Crippen LogP contribution in [-0.4, -0.2) is 25.0 Å². The molecule has 0 fully saturated rings. The summed E-state index contributed by atoms with van der Waals surface area (Å²) in [5.74, 6) is 0.179. The number of alkyl halides is 3. The van der Waals surface area contributed by atoms with Crippen molar-refractivity contribution in [3.05, 3.63) is 120 Å². The monoisotopic (exact) mass is 520 g/mol. The molecule has 0 aliphatic heterocycles. The molecule has 0 saturated heterocycles. The van der Waals surface area contributed by atoms with Gasteiger partial charge in [-0.3, -0.25) is 9.59 Å². The number of nitrogens with one attached hydrogen (secondary N) is 2. The Balaban J connectivity index is 1.34. The Morgan fingerprint density at radius 2 is 1.13 bits per heavy atom. The summed E-state index contributed by atoms with van der Waals surface area (Å²) in [5, 5.41) is 5.16. The van der Waals surface area contributed by atoms with E-state index in [1.807, 2.05) is 30.3 Å². The summed E-state index contributed by atoms with van der Waals surface area (Å²) in [5.41, 5.74) is -0.0215. The zero-order valence-corrected chi connectivity index (χ0v) is 20.0. The third-order valence-electron chi connectivity index (χ3n) is 5.29. The molecule has 2 amide bonds. The fourth-order valence-electron chi connectivity index (χ4n) is 3.48. The molecule has 0 heterocycles. The van der Waals surface area contributed by atoms with E-state index in [4.69, 9.17) is 9.47 Å². The maximum Gasteiger partial charge on any atom is 0.416 e. The van der Waals surface area contributed by atoms with Gasteiger partial charge in [0.05, 0.1) is 5.56 Å². The third-order valence-corrected chi connectivity index (χ3v) is 5.29. The van der Waals surface area contributed by atoms with E-state index in [2.05, 4.69) is 10.6 Å². The minimum Gasteiger partial charge on any atom is -0.490 e. The summed E-state index contributed by atoms with van der Waals surface area (Å²) in [4.78, 5) is 25.4. The molecule has 0 saturated carbocycles. The smallest absolute Gasteiger partial charge is 0.416 e. The molecule has 0 aliphatic carbocycles. The van der Waals surface area contributed by atoms with E-state index < -0.39 is 23.6 Å². The van der Waals surface area contributed by atoms with Gasteiger partial charge in [-0.1, -0.05) is 36.4 Å². The lowest BCUT2D eigenvalue weighted by atomic mass is 10.1. The molecule has 0 radical (unpaired) electrons. The van der Waals surface area contributed by atoms with Crippen molar-refractivity contribution in [2.24, 2.45) is 0 Å². The first-order valence-electron chi connectivity index (χ1n) is 11.6. The Hall–Kier alpha value is -4.79. The summed E-state index contributed by atoms with van der Waals surface area (Å²) >= 11 is 0. The van der Waals surface area contributed by atoms with E-state index in [1.54, 1.807) is 36.4 Å². The summed E-state index contributed by atoms with van der Waals surface area (Å²) in [6, 6.07) is 26.4. The number of halogens is 3. The molecule has 0 aromatic heterocycles. The molecule has 194 valence electrons. The second-order valence-electron chi connectivity index (χ2n) is 8.11. The molecule has 38 heavy (non-hydrogen) atoms. The minimum absolute atomic E-state index is 0.00486. The predicted octanol–water partition coefficient (Wildman–Crippen LogP) is 6.67. The van der Waals surface area contributed by atoms with Crippen LogP contribution in [0.15, 0.2) is 103 Å². The van der Waals surface area contributed by atoms with Gasteiger partial charge in [0.15, 0.2) is 0 Å². The SMILES string of the molecule is O=C(Nc1cccc(C(F)(F)F)c1)c1cccc(NC(=O)c2cccc(OCCOc3ccccc3)c2)c1. The molecule has 4 aromatic carbocycles. The highest BCUT2D eigenvalue weighted by Gasteiger charge is 2.30. The van der Waals surface area contributed by atoms with E-state index in [0.717, 1.165) is 17.9 Å². The first kappa shape index (κ1) is 26.3. The topological polar surface area (TPSA) is 76.7 Å². The van der Waals surface area contributed by atoms with E-state index in [9.17, 15) is 22.8 Å². The molecular formula is C29H23F3N2O4. The number of ether oxygens (including phenoxy) is 2. The highest BCUT2D eigenvalue weighted by molar-refractivity contribution is 6.07. The van der Waals surface area contributed by atoms with Gasteiger partial charge in [-0.2, -0.15) is 13.2 Å². The van der Waals surface area contributed by atoms with E-state index in [0.29, 0.717) is 23.6 Å². The van der Waals surface area contributed by atoms with Crippen LogP contribution in [0, 0.1) is 0 Å². The number of benzene rings is 4. The molecule has 2 N–H and O–H groups in total. The second kappa shape index (κ2) is 12.0. The van der Waals surface area contributed by atoms with Crippen molar-refractivity contribution in [3.63, 3.8) is 0 Å². The van der Waals surface area contributed by atoms with Crippen molar-refractivity contribution in [2.45, 2.75) is 6.18 Å². The van der Waals surface area contributed by atoms with Crippen LogP contribution >= 0.6 is 0 Å². The first-order chi connectivity index (χ1) is 18.3.